The molecule has 1 aromatic carbocycles. The summed E-state index contributed by atoms with van der Waals surface area (Å²) in [6, 6.07) is 4.51. The van der Waals surface area contributed by atoms with E-state index in [1.807, 2.05) is 22.6 Å². The number of alkyl halides is 3. The number of anilines is 1. The number of methoxy groups -OCH3 is 1. The standard InChI is InChI=1S/C20H16ClF4IN4O3S/c1-30(16-7-12(20(23,24)25)18(21)29-28-16)11(6-17-27-14(9-34-17)19(31)32-2)8-33-15-4-3-10(26)5-13(15)22/h3-5,7,9,11H,6,8H2,1-2H3. The van der Waals surface area contributed by atoms with E-state index in [-0.39, 0.29) is 30.3 Å². The third-order valence-corrected chi connectivity index (χ3v) is 6.45. The van der Waals surface area contributed by atoms with Crippen LogP contribution in [0.3, 0.4) is 0 Å². The summed E-state index contributed by atoms with van der Waals surface area (Å²) in [6.45, 7) is -0.132. The molecule has 0 spiro atoms. The Labute approximate surface area is 214 Å². The van der Waals surface area contributed by atoms with E-state index in [9.17, 15) is 22.4 Å². The van der Waals surface area contributed by atoms with Gasteiger partial charge in [-0.2, -0.15) is 13.2 Å². The summed E-state index contributed by atoms with van der Waals surface area (Å²) < 4.78 is 65.1. The van der Waals surface area contributed by atoms with E-state index < -0.39 is 34.7 Å². The lowest BCUT2D eigenvalue weighted by molar-refractivity contribution is -0.137. The van der Waals surface area contributed by atoms with Gasteiger partial charge < -0.3 is 14.4 Å². The van der Waals surface area contributed by atoms with E-state index in [2.05, 4.69) is 19.9 Å². The molecule has 0 fully saturated rings. The van der Waals surface area contributed by atoms with Gasteiger partial charge in [-0.15, -0.1) is 21.5 Å². The molecule has 0 N–H and O–H groups in total. The van der Waals surface area contributed by atoms with Crippen LogP contribution in [0.25, 0.3) is 0 Å². The summed E-state index contributed by atoms with van der Waals surface area (Å²) in [6.07, 6.45) is -4.58. The van der Waals surface area contributed by atoms with Crippen molar-refractivity contribution < 1.29 is 31.8 Å². The maximum Gasteiger partial charge on any atom is 0.419 e. The minimum Gasteiger partial charge on any atom is -0.488 e. The highest BCUT2D eigenvalue weighted by Crippen LogP contribution is 2.35. The predicted octanol–water partition coefficient (Wildman–Crippen LogP) is 5.26. The molecule has 0 radical (unpaired) electrons. The maximum atomic E-state index is 14.2. The molecule has 0 amide bonds. The summed E-state index contributed by atoms with van der Waals surface area (Å²) in [5.74, 6) is -1.35. The second-order valence-electron chi connectivity index (χ2n) is 6.88. The van der Waals surface area contributed by atoms with Gasteiger partial charge in [0.05, 0.1) is 23.7 Å². The number of benzene rings is 1. The van der Waals surface area contributed by atoms with Crippen molar-refractivity contribution in [1.82, 2.24) is 15.2 Å². The first-order chi connectivity index (χ1) is 16.0. The molecule has 0 saturated carbocycles. The van der Waals surface area contributed by atoms with Crippen LogP contribution in [-0.4, -0.2) is 48.0 Å². The monoisotopic (exact) mass is 630 g/mol. The van der Waals surface area contributed by atoms with Crippen molar-refractivity contribution in [1.29, 1.82) is 0 Å². The highest BCUT2D eigenvalue weighted by Gasteiger charge is 2.35. The number of halogens is 6. The zero-order chi connectivity index (χ0) is 25.0. The van der Waals surface area contributed by atoms with Crippen LogP contribution >= 0.6 is 45.5 Å². The van der Waals surface area contributed by atoms with Gasteiger partial charge in [0.15, 0.2) is 28.2 Å². The minimum absolute atomic E-state index is 0.0219. The molecule has 0 saturated heterocycles. The Bertz CT molecular complexity index is 1180. The molecular weight excluding hydrogens is 615 g/mol. The van der Waals surface area contributed by atoms with Crippen molar-refractivity contribution in [3.63, 3.8) is 0 Å². The molecule has 2 aromatic heterocycles. The molecule has 0 aliphatic carbocycles. The summed E-state index contributed by atoms with van der Waals surface area (Å²) in [4.78, 5) is 17.3. The first kappa shape index (κ1) is 26.3. The lowest BCUT2D eigenvalue weighted by Gasteiger charge is -2.28. The van der Waals surface area contributed by atoms with Gasteiger partial charge in [-0.25, -0.2) is 14.2 Å². The Hall–Kier alpha value is -2.26. The van der Waals surface area contributed by atoms with Crippen LogP contribution in [0.2, 0.25) is 5.15 Å². The Morgan fingerprint density at radius 1 is 1.29 bits per heavy atom. The first-order valence-corrected chi connectivity index (χ1v) is 11.8. The van der Waals surface area contributed by atoms with E-state index >= 15 is 0 Å². The van der Waals surface area contributed by atoms with E-state index in [1.54, 1.807) is 6.07 Å². The molecule has 1 unspecified atom stereocenters. The van der Waals surface area contributed by atoms with Crippen LogP contribution in [-0.2, 0) is 17.3 Å². The summed E-state index contributed by atoms with van der Waals surface area (Å²) >= 11 is 8.70. The van der Waals surface area contributed by atoms with Gasteiger partial charge in [0.2, 0.25) is 0 Å². The topological polar surface area (TPSA) is 77.4 Å². The smallest absolute Gasteiger partial charge is 0.419 e. The second-order valence-corrected chi connectivity index (χ2v) is 9.42. The van der Waals surface area contributed by atoms with E-state index in [0.717, 1.165) is 17.4 Å². The highest BCUT2D eigenvalue weighted by atomic mass is 127. The molecule has 0 aliphatic rings. The summed E-state index contributed by atoms with van der Waals surface area (Å²) in [5.41, 5.74) is -1.05. The molecular formula is C20H16ClF4IN4O3S. The van der Waals surface area contributed by atoms with Crippen LogP contribution in [0.5, 0.6) is 5.75 Å². The average molecular weight is 631 g/mol. The lowest BCUT2D eigenvalue weighted by Crippen LogP contribution is -2.39. The SMILES string of the molecule is COC(=O)c1csc(CC(COc2ccc(I)cc2F)N(C)c2cc(C(F)(F)F)c(Cl)nn2)n1. The molecule has 3 aromatic rings. The van der Waals surface area contributed by atoms with Crippen molar-refractivity contribution >= 4 is 57.3 Å². The van der Waals surface area contributed by atoms with Crippen molar-refractivity contribution in [3.8, 4) is 5.75 Å². The number of rotatable bonds is 8. The Kier molecular flexibility index (Phi) is 8.52. The van der Waals surface area contributed by atoms with E-state index in [4.69, 9.17) is 16.3 Å². The second kappa shape index (κ2) is 11.0. The maximum absolute atomic E-state index is 14.2. The molecule has 34 heavy (non-hydrogen) atoms. The van der Waals surface area contributed by atoms with Crippen molar-refractivity contribution in [2.24, 2.45) is 0 Å². The molecule has 14 heteroatoms. The number of carbonyl (C=O) groups is 1. The summed E-state index contributed by atoms with van der Waals surface area (Å²) in [5, 5.41) is 8.40. The molecule has 3 rings (SSSR count). The zero-order valence-corrected chi connectivity index (χ0v) is 21.3. The number of hydrogen-bond donors (Lipinski definition) is 0. The Morgan fingerprint density at radius 2 is 2.03 bits per heavy atom. The molecule has 2 heterocycles. The van der Waals surface area contributed by atoms with Crippen LogP contribution in [0.15, 0.2) is 29.6 Å². The van der Waals surface area contributed by atoms with Crippen LogP contribution in [0.4, 0.5) is 23.4 Å². The molecule has 0 aliphatic heterocycles. The largest absolute Gasteiger partial charge is 0.488 e. The Morgan fingerprint density at radius 3 is 2.68 bits per heavy atom. The number of aromatic nitrogens is 3. The quantitative estimate of drug-likeness (QED) is 0.191. The third-order valence-electron chi connectivity index (χ3n) is 4.63. The number of esters is 1. The van der Waals surface area contributed by atoms with Gasteiger partial charge in [0.25, 0.3) is 0 Å². The normalized spacial score (nSPS) is 12.4. The van der Waals surface area contributed by atoms with Crippen LogP contribution in [0, 0.1) is 9.39 Å². The number of nitrogens with zero attached hydrogens (tertiary/aromatic N) is 4. The fraction of sp³-hybridized carbons (Fsp3) is 0.300. The number of carbonyl (C=O) groups excluding carboxylic acids is 1. The zero-order valence-electron chi connectivity index (χ0n) is 17.6. The van der Waals surface area contributed by atoms with Gasteiger partial charge in [0, 0.05) is 22.4 Å². The third kappa shape index (κ3) is 6.44. The van der Waals surface area contributed by atoms with Gasteiger partial charge in [-0.05, 0) is 46.9 Å². The van der Waals surface area contributed by atoms with Gasteiger partial charge in [-0.1, -0.05) is 11.6 Å². The number of hydrogen-bond acceptors (Lipinski definition) is 8. The number of likely N-dealkylation sites (N-methyl/N-ethyl adjacent to an activating group) is 1. The van der Waals surface area contributed by atoms with Crippen LogP contribution in [0.1, 0.15) is 21.1 Å². The van der Waals surface area contributed by atoms with Crippen LogP contribution < -0.4 is 9.64 Å². The average Bonchev–Trinajstić information content (AvgIpc) is 3.24. The fourth-order valence-electron chi connectivity index (χ4n) is 2.82. The van der Waals surface area contributed by atoms with Gasteiger partial charge in [0.1, 0.15) is 6.61 Å². The highest BCUT2D eigenvalue weighted by molar-refractivity contribution is 14.1. The fourth-order valence-corrected chi connectivity index (χ4v) is 4.30. The van der Waals surface area contributed by atoms with Crippen molar-refractivity contribution in [2.75, 3.05) is 25.7 Å². The number of thiazole rings is 1. The Balaban J connectivity index is 1.90. The molecule has 1 atom stereocenters. The van der Waals surface area contributed by atoms with Crippen molar-refractivity contribution in [3.05, 3.63) is 60.5 Å². The lowest BCUT2D eigenvalue weighted by atomic mass is 10.2. The van der Waals surface area contributed by atoms with Crippen molar-refractivity contribution in [2.45, 2.75) is 18.6 Å². The summed E-state index contributed by atoms with van der Waals surface area (Å²) in [7, 11) is 2.71. The van der Waals surface area contributed by atoms with Gasteiger partial charge >= 0.3 is 12.1 Å². The predicted molar refractivity (Wildman–Crippen MR) is 126 cm³/mol. The van der Waals surface area contributed by atoms with E-state index in [0.29, 0.717) is 8.58 Å². The molecule has 0 bridgehead atoms. The van der Waals surface area contributed by atoms with E-state index in [1.165, 1.54) is 36.6 Å². The molecule has 182 valence electrons. The van der Waals surface area contributed by atoms with Gasteiger partial charge in [-0.3, -0.25) is 0 Å². The molecule has 7 nitrogen and oxygen atoms in total. The number of ether oxygens (including phenoxy) is 2. The minimum atomic E-state index is -4.73. The first-order valence-electron chi connectivity index (χ1n) is 9.43.